The molecule has 1 nitrogen and oxygen atoms in total. The summed E-state index contributed by atoms with van der Waals surface area (Å²) < 4.78 is 6.40. The number of ether oxygens (including phenoxy) is 1. The van der Waals surface area contributed by atoms with Crippen LogP contribution in [0.25, 0.3) is 0 Å². The third-order valence-corrected chi connectivity index (χ3v) is 4.74. The lowest BCUT2D eigenvalue weighted by Gasteiger charge is -2.26. The molecule has 0 fully saturated rings. The van der Waals surface area contributed by atoms with Crippen LogP contribution in [0.15, 0.2) is 53.0 Å². The van der Waals surface area contributed by atoms with Gasteiger partial charge in [-0.1, -0.05) is 54.0 Å². The Morgan fingerprint density at radius 3 is 1.62 bits per heavy atom. The highest BCUT2D eigenvalue weighted by Gasteiger charge is 2.21. The molecular weight excluding hydrogens is 324 g/mol. The molecule has 0 aromatic heterocycles. The van der Waals surface area contributed by atoms with Crippen LogP contribution >= 0.6 is 15.9 Å². The first-order valence-corrected chi connectivity index (χ1v) is 8.38. The van der Waals surface area contributed by atoms with Crippen LogP contribution in [0.5, 0.6) is 5.75 Å². The molecule has 0 aliphatic heterocycles. The molecule has 2 atom stereocenters. The van der Waals surface area contributed by atoms with Crippen molar-refractivity contribution in [3.05, 3.63) is 64.1 Å². The zero-order valence-electron chi connectivity index (χ0n) is 13.0. The minimum Gasteiger partial charge on any atom is -0.497 e. The molecule has 0 bridgehead atoms. The summed E-state index contributed by atoms with van der Waals surface area (Å²) in [5, 5.41) is 0. The van der Waals surface area contributed by atoms with Gasteiger partial charge in [0.1, 0.15) is 5.75 Å². The van der Waals surface area contributed by atoms with E-state index in [0.29, 0.717) is 11.8 Å². The summed E-state index contributed by atoms with van der Waals surface area (Å²) in [5.74, 6) is 2.02. The van der Waals surface area contributed by atoms with Crippen LogP contribution in [0.4, 0.5) is 0 Å². The third kappa shape index (κ3) is 3.88. The van der Waals surface area contributed by atoms with Gasteiger partial charge in [0.05, 0.1) is 7.11 Å². The third-order valence-electron chi connectivity index (χ3n) is 4.21. The minimum atomic E-state index is 0.544. The van der Waals surface area contributed by atoms with Crippen LogP contribution in [0.2, 0.25) is 0 Å². The van der Waals surface area contributed by atoms with Crippen molar-refractivity contribution < 1.29 is 4.74 Å². The van der Waals surface area contributed by atoms with Gasteiger partial charge in [0, 0.05) is 4.47 Å². The monoisotopic (exact) mass is 346 g/mol. The molecule has 0 spiro atoms. The molecule has 0 aliphatic carbocycles. The normalized spacial score (nSPS) is 13.7. The van der Waals surface area contributed by atoms with E-state index in [1.807, 2.05) is 0 Å². The molecule has 0 unspecified atom stereocenters. The number of halogens is 1. The van der Waals surface area contributed by atoms with Crippen molar-refractivity contribution >= 4 is 15.9 Å². The van der Waals surface area contributed by atoms with Gasteiger partial charge in [-0.2, -0.15) is 0 Å². The summed E-state index contributed by atoms with van der Waals surface area (Å²) in [7, 11) is 1.71. The number of benzene rings is 2. The average molecular weight is 347 g/mol. The first kappa shape index (κ1) is 16.1. The molecule has 21 heavy (non-hydrogen) atoms. The van der Waals surface area contributed by atoms with Crippen molar-refractivity contribution in [2.24, 2.45) is 0 Å². The number of hydrogen-bond donors (Lipinski definition) is 0. The average Bonchev–Trinajstić information content (AvgIpc) is 2.54. The molecule has 0 amide bonds. The predicted molar refractivity (Wildman–Crippen MR) is 93.2 cm³/mol. The van der Waals surface area contributed by atoms with Crippen LogP contribution in [-0.2, 0) is 0 Å². The fourth-order valence-corrected chi connectivity index (χ4v) is 3.33. The Bertz CT molecular complexity index is 545. The molecule has 2 heteroatoms. The van der Waals surface area contributed by atoms with E-state index in [0.717, 1.165) is 23.1 Å². The van der Waals surface area contributed by atoms with E-state index in [-0.39, 0.29) is 0 Å². The quantitative estimate of drug-likeness (QED) is 0.609. The van der Waals surface area contributed by atoms with E-state index >= 15 is 0 Å². The summed E-state index contributed by atoms with van der Waals surface area (Å²) in [6.45, 7) is 4.55. The lowest BCUT2D eigenvalue weighted by Crippen LogP contribution is -2.10. The summed E-state index contributed by atoms with van der Waals surface area (Å²) in [5.41, 5.74) is 2.82. The van der Waals surface area contributed by atoms with Gasteiger partial charge in [0.15, 0.2) is 0 Å². The van der Waals surface area contributed by atoms with Gasteiger partial charge in [-0.3, -0.25) is 0 Å². The second-order valence-electron chi connectivity index (χ2n) is 5.35. The van der Waals surface area contributed by atoms with Gasteiger partial charge in [-0.05, 0) is 60.1 Å². The lowest BCUT2D eigenvalue weighted by molar-refractivity contribution is 0.414. The van der Waals surface area contributed by atoms with Crippen LogP contribution < -0.4 is 4.74 Å². The first-order valence-electron chi connectivity index (χ1n) is 7.59. The van der Waals surface area contributed by atoms with Gasteiger partial charge in [0.2, 0.25) is 0 Å². The van der Waals surface area contributed by atoms with E-state index in [2.05, 4.69) is 78.3 Å². The van der Waals surface area contributed by atoms with E-state index in [9.17, 15) is 0 Å². The Hall–Kier alpha value is -1.28. The van der Waals surface area contributed by atoms with E-state index < -0.39 is 0 Å². The van der Waals surface area contributed by atoms with Crippen molar-refractivity contribution in [2.45, 2.75) is 38.5 Å². The molecule has 0 saturated carbocycles. The van der Waals surface area contributed by atoms with Gasteiger partial charge in [0.25, 0.3) is 0 Å². The molecule has 2 aromatic carbocycles. The van der Waals surface area contributed by atoms with Gasteiger partial charge >= 0.3 is 0 Å². The van der Waals surface area contributed by atoms with Gasteiger partial charge in [-0.25, -0.2) is 0 Å². The van der Waals surface area contributed by atoms with E-state index in [4.69, 9.17) is 4.74 Å². The second kappa shape index (κ2) is 7.65. The molecule has 0 aliphatic rings. The van der Waals surface area contributed by atoms with Gasteiger partial charge in [-0.15, -0.1) is 0 Å². The highest BCUT2D eigenvalue weighted by atomic mass is 79.9. The molecule has 0 radical (unpaired) electrons. The molecule has 2 rings (SSSR count). The zero-order valence-corrected chi connectivity index (χ0v) is 14.6. The van der Waals surface area contributed by atoms with Crippen LogP contribution in [0.1, 0.15) is 49.7 Å². The Labute approximate surface area is 136 Å². The molecule has 112 valence electrons. The smallest absolute Gasteiger partial charge is 0.118 e. The molecule has 0 N–H and O–H groups in total. The van der Waals surface area contributed by atoms with E-state index in [1.54, 1.807) is 7.11 Å². The largest absolute Gasteiger partial charge is 0.497 e. The van der Waals surface area contributed by atoms with Crippen LogP contribution in [0.3, 0.4) is 0 Å². The Morgan fingerprint density at radius 2 is 1.24 bits per heavy atom. The Morgan fingerprint density at radius 1 is 0.810 bits per heavy atom. The van der Waals surface area contributed by atoms with Crippen LogP contribution in [-0.4, -0.2) is 7.11 Å². The highest BCUT2D eigenvalue weighted by molar-refractivity contribution is 9.10. The SMILES string of the molecule is CC[C@@H](c1ccc(Br)cc1)[C@@H](CC)c1ccc(OC)cc1. The standard InChI is InChI=1S/C19H23BrO/c1-4-18(14-6-10-16(20)11-7-14)19(5-2)15-8-12-17(21-3)13-9-15/h6-13,18-19H,4-5H2,1-3H3/t18-,19-/m0/s1. The maximum absolute atomic E-state index is 5.26. The predicted octanol–water partition coefficient (Wildman–Crippen LogP) is 6.15. The summed E-state index contributed by atoms with van der Waals surface area (Å²) in [6, 6.07) is 17.3. The van der Waals surface area contributed by atoms with Crippen molar-refractivity contribution in [3.8, 4) is 5.75 Å². The van der Waals surface area contributed by atoms with Crippen molar-refractivity contribution in [1.82, 2.24) is 0 Å². The summed E-state index contributed by atoms with van der Waals surface area (Å²) in [4.78, 5) is 0. The maximum Gasteiger partial charge on any atom is 0.118 e. The zero-order chi connectivity index (χ0) is 15.2. The first-order chi connectivity index (χ1) is 10.2. The summed E-state index contributed by atoms with van der Waals surface area (Å²) >= 11 is 3.52. The fourth-order valence-electron chi connectivity index (χ4n) is 3.07. The molecule has 0 saturated heterocycles. The molecular formula is C19H23BrO. The van der Waals surface area contributed by atoms with E-state index in [1.165, 1.54) is 11.1 Å². The summed E-state index contributed by atoms with van der Waals surface area (Å²) in [6.07, 6.45) is 2.28. The van der Waals surface area contributed by atoms with Crippen molar-refractivity contribution in [2.75, 3.05) is 7.11 Å². The molecule has 0 heterocycles. The lowest BCUT2D eigenvalue weighted by atomic mass is 9.78. The fraction of sp³-hybridized carbons (Fsp3) is 0.368. The van der Waals surface area contributed by atoms with Gasteiger partial charge < -0.3 is 4.74 Å². The highest BCUT2D eigenvalue weighted by Crippen LogP contribution is 2.38. The minimum absolute atomic E-state index is 0.544. The maximum atomic E-state index is 5.26. The number of rotatable bonds is 6. The Kier molecular flexibility index (Phi) is 5.86. The van der Waals surface area contributed by atoms with Crippen LogP contribution in [0, 0.1) is 0 Å². The second-order valence-corrected chi connectivity index (χ2v) is 6.27. The number of hydrogen-bond acceptors (Lipinski definition) is 1. The van der Waals surface area contributed by atoms with Crippen molar-refractivity contribution in [3.63, 3.8) is 0 Å². The Balaban J connectivity index is 2.29. The topological polar surface area (TPSA) is 9.23 Å². The molecule has 2 aromatic rings. The van der Waals surface area contributed by atoms with Crippen molar-refractivity contribution in [1.29, 1.82) is 0 Å². The number of methoxy groups -OCH3 is 1.